The zero-order chi connectivity index (χ0) is 13.4. The van der Waals surface area contributed by atoms with Crippen molar-refractivity contribution < 1.29 is 4.79 Å². The quantitative estimate of drug-likeness (QED) is 0.506. The van der Waals surface area contributed by atoms with Crippen LogP contribution in [0.3, 0.4) is 0 Å². The Morgan fingerprint density at radius 1 is 1.53 bits per heavy atom. The number of hydrazine groups is 1. The van der Waals surface area contributed by atoms with Crippen LogP contribution in [0.4, 0.5) is 16.6 Å². The number of nitrogens with one attached hydrogen (secondary N) is 2. The molecule has 3 rings (SSSR count). The van der Waals surface area contributed by atoms with Crippen LogP contribution in [0.25, 0.3) is 0 Å². The molecule has 2 aliphatic rings. The van der Waals surface area contributed by atoms with Crippen molar-refractivity contribution >= 4 is 29.4 Å². The first-order valence-corrected chi connectivity index (χ1v) is 6.35. The van der Waals surface area contributed by atoms with Crippen molar-refractivity contribution in [3.05, 3.63) is 11.2 Å². The maximum Gasteiger partial charge on any atom is 0.317 e. The summed E-state index contributed by atoms with van der Waals surface area (Å²) in [5.74, 6) is 6.27. The number of hydrogen-bond acceptors (Lipinski definition) is 6. The predicted molar refractivity (Wildman–Crippen MR) is 71.0 cm³/mol. The van der Waals surface area contributed by atoms with Gasteiger partial charge in [-0.05, 0) is 0 Å². The molecule has 2 saturated heterocycles. The molecule has 0 aromatic carbocycles. The molecule has 0 bridgehead atoms. The molecule has 1 atom stereocenters. The molecule has 1 aromatic heterocycles. The Balaban J connectivity index is 1.82. The molecule has 0 spiro atoms. The fraction of sp³-hybridized carbons (Fsp3) is 0.500. The second-order valence-corrected chi connectivity index (χ2v) is 4.90. The van der Waals surface area contributed by atoms with Gasteiger partial charge in [0.25, 0.3) is 0 Å². The van der Waals surface area contributed by atoms with Gasteiger partial charge in [-0.3, -0.25) is 5.43 Å². The first-order valence-electron chi connectivity index (χ1n) is 5.97. The minimum Gasteiger partial charge on any atom is -0.351 e. The maximum absolute atomic E-state index is 11.5. The number of piperazine rings is 1. The van der Waals surface area contributed by atoms with Gasteiger partial charge in [0.15, 0.2) is 5.82 Å². The number of rotatable bonds is 2. The summed E-state index contributed by atoms with van der Waals surface area (Å²) < 4.78 is 0. The molecule has 2 amide bonds. The van der Waals surface area contributed by atoms with E-state index in [1.807, 2.05) is 9.80 Å². The van der Waals surface area contributed by atoms with Crippen LogP contribution in [-0.2, 0) is 0 Å². The summed E-state index contributed by atoms with van der Waals surface area (Å²) in [6.45, 7) is 2.69. The predicted octanol–water partition coefficient (Wildman–Crippen LogP) is -0.371. The second kappa shape index (κ2) is 4.71. The standard InChI is InChI=1S/C10H14ClN7O/c11-7-4-13-9(16-12)15-8(7)17-1-2-18-6(5-17)3-14-10(18)19/h4,6H,1-3,5,12H2,(H,14,19)(H,13,15,16). The average molecular weight is 284 g/mol. The lowest BCUT2D eigenvalue weighted by atomic mass is 10.2. The smallest absolute Gasteiger partial charge is 0.317 e. The number of fused-ring (bicyclic) bond motifs is 1. The number of anilines is 2. The number of carbonyl (C=O) groups excluding carboxylic acids is 1. The van der Waals surface area contributed by atoms with Crippen molar-refractivity contribution in [3.8, 4) is 0 Å². The fourth-order valence-electron chi connectivity index (χ4n) is 2.45. The zero-order valence-electron chi connectivity index (χ0n) is 10.1. The van der Waals surface area contributed by atoms with Gasteiger partial charge in [0.05, 0.1) is 12.2 Å². The SMILES string of the molecule is NNc1ncc(Cl)c(N2CCN3C(=O)NCC3C2)n1. The highest BCUT2D eigenvalue weighted by Gasteiger charge is 2.36. The number of nitrogens with two attached hydrogens (primary N) is 1. The fourth-order valence-corrected chi connectivity index (χ4v) is 2.66. The van der Waals surface area contributed by atoms with Gasteiger partial charge in [-0.25, -0.2) is 15.6 Å². The lowest BCUT2D eigenvalue weighted by Gasteiger charge is -2.37. The topological polar surface area (TPSA) is 99.4 Å². The molecule has 0 saturated carbocycles. The van der Waals surface area contributed by atoms with E-state index >= 15 is 0 Å². The first-order chi connectivity index (χ1) is 9.19. The van der Waals surface area contributed by atoms with Crippen LogP contribution in [0.5, 0.6) is 0 Å². The Hall–Kier alpha value is -1.80. The minimum absolute atomic E-state index is 0.00254. The van der Waals surface area contributed by atoms with E-state index in [4.69, 9.17) is 17.4 Å². The Morgan fingerprint density at radius 3 is 3.16 bits per heavy atom. The number of nitrogens with zero attached hydrogens (tertiary/aromatic N) is 4. The summed E-state index contributed by atoms with van der Waals surface area (Å²) in [5.41, 5.74) is 2.40. The number of nitrogen functional groups attached to an aromatic ring is 1. The molecule has 2 aliphatic heterocycles. The van der Waals surface area contributed by atoms with E-state index in [9.17, 15) is 4.79 Å². The Kier molecular flexibility index (Phi) is 3.03. The second-order valence-electron chi connectivity index (χ2n) is 4.49. The third-order valence-electron chi connectivity index (χ3n) is 3.39. The summed E-state index contributed by atoms with van der Waals surface area (Å²) in [5, 5.41) is 3.31. The summed E-state index contributed by atoms with van der Waals surface area (Å²) in [4.78, 5) is 23.6. The van der Waals surface area contributed by atoms with Crippen molar-refractivity contribution in [2.45, 2.75) is 6.04 Å². The Morgan fingerprint density at radius 2 is 2.37 bits per heavy atom. The maximum atomic E-state index is 11.5. The number of hydrogen-bond donors (Lipinski definition) is 3. The van der Waals surface area contributed by atoms with Crippen molar-refractivity contribution in [2.75, 3.05) is 36.5 Å². The number of carbonyl (C=O) groups is 1. The van der Waals surface area contributed by atoms with Gasteiger partial charge in [0.2, 0.25) is 5.95 Å². The highest BCUT2D eigenvalue weighted by atomic mass is 35.5. The zero-order valence-corrected chi connectivity index (χ0v) is 10.9. The molecule has 9 heteroatoms. The molecular weight excluding hydrogens is 270 g/mol. The molecule has 102 valence electrons. The lowest BCUT2D eigenvalue weighted by Crippen LogP contribution is -2.52. The summed E-state index contributed by atoms with van der Waals surface area (Å²) >= 11 is 6.13. The average Bonchev–Trinajstić information content (AvgIpc) is 2.80. The van der Waals surface area contributed by atoms with Crippen molar-refractivity contribution in [3.63, 3.8) is 0 Å². The van der Waals surface area contributed by atoms with E-state index in [2.05, 4.69) is 20.7 Å². The molecule has 0 radical (unpaired) electrons. The van der Waals surface area contributed by atoms with Crippen LogP contribution >= 0.6 is 11.6 Å². The van der Waals surface area contributed by atoms with E-state index in [1.165, 1.54) is 6.20 Å². The number of halogens is 1. The monoisotopic (exact) mass is 283 g/mol. The third-order valence-corrected chi connectivity index (χ3v) is 3.65. The van der Waals surface area contributed by atoms with Crippen molar-refractivity contribution in [1.82, 2.24) is 20.2 Å². The van der Waals surface area contributed by atoms with E-state index in [-0.39, 0.29) is 12.1 Å². The van der Waals surface area contributed by atoms with Gasteiger partial charge < -0.3 is 15.1 Å². The molecule has 8 nitrogen and oxygen atoms in total. The van der Waals surface area contributed by atoms with Crippen LogP contribution in [0.15, 0.2) is 6.20 Å². The lowest BCUT2D eigenvalue weighted by molar-refractivity contribution is 0.197. The summed E-state index contributed by atoms with van der Waals surface area (Å²) in [6, 6.07) is 0.157. The van der Waals surface area contributed by atoms with Crippen LogP contribution in [0, 0.1) is 0 Å². The largest absolute Gasteiger partial charge is 0.351 e. The van der Waals surface area contributed by atoms with Gasteiger partial charge >= 0.3 is 6.03 Å². The molecule has 4 N–H and O–H groups in total. The van der Waals surface area contributed by atoms with Gasteiger partial charge in [-0.1, -0.05) is 11.6 Å². The van der Waals surface area contributed by atoms with Crippen LogP contribution in [0.1, 0.15) is 0 Å². The van der Waals surface area contributed by atoms with Gasteiger partial charge in [-0.15, -0.1) is 0 Å². The highest BCUT2D eigenvalue weighted by molar-refractivity contribution is 6.32. The van der Waals surface area contributed by atoms with Gasteiger partial charge in [0, 0.05) is 26.2 Å². The van der Waals surface area contributed by atoms with Crippen LogP contribution in [0.2, 0.25) is 5.02 Å². The van der Waals surface area contributed by atoms with Gasteiger partial charge in [0.1, 0.15) is 5.02 Å². The first kappa shape index (κ1) is 12.2. The molecular formula is C10H14ClN7O. The van der Waals surface area contributed by atoms with E-state index < -0.39 is 0 Å². The van der Waals surface area contributed by atoms with E-state index in [0.29, 0.717) is 43.0 Å². The number of amides is 2. The molecule has 0 aliphatic carbocycles. The molecule has 1 aromatic rings. The molecule has 2 fully saturated rings. The molecule has 19 heavy (non-hydrogen) atoms. The van der Waals surface area contributed by atoms with Gasteiger partial charge in [-0.2, -0.15) is 4.98 Å². The van der Waals surface area contributed by atoms with Crippen LogP contribution in [-0.4, -0.2) is 53.1 Å². The van der Waals surface area contributed by atoms with Crippen molar-refractivity contribution in [1.29, 1.82) is 0 Å². The highest BCUT2D eigenvalue weighted by Crippen LogP contribution is 2.26. The number of urea groups is 1. The number of aromatic nitrogens is 2. The van der Waals surface area contributed by atoms with E-state index in [1.54, 1.807) is 0 Å². The third kappa shape index (κ3) is 2.13. The normalized spacial score (nSPS) is 22.2. The minimum atomic E-state index is 0.00254. The summed E-state index contributed by atoms with van der Waals surface area (Å²) in [6.07, 6.45) is 1.52. The van der Waals surface area contributed by atoms with Crippen LogP contribution < -0.4 is 21.5 Å². The Labute approximate surface area is 114 Å². The molecule has 1 unspecified atom stereocenters. The van der Waals surface area contributed by atoms with E-state index in [0.717, 1.165) is 0 Å². The molecule has 3 heterocycles. The Bertz CT molecular complexity index is 511. The summed E-state index contributed by atoms with van der Waals surface area (Å²) in [7, 11) is 0. The van der Waals surface area contributed by atoms with Crippen molar-refractivity contribution in [2.24, 2.45) is 5.84 Å².